The van der Waals surface area contributed by atoms with Gasteiger partial charge in [0.05, 0.1) is 11.1 Å². The van der Waals surface area contributed by atoms with Crippen LogP contribution in [0.1, 0.15) is 31.1 Å². The van der Waals surface area contributed by atoms with E-state index < -0.39 is 40.5 Å². The monoisotopic (exact) mass is 571 g/mol. The van der Waals surface area contributed by atoms with Crippen LogP contribution in [-0.4, -0.2) is 69.6 Å². The zero-order chi connectivity index (χ0) is 29.9. The summed E-state index contributed by atoms with van der Waals surface area (Å²) in [7, 11) is 1.58. The molecule has 0 spiro atoms. The number of pyridine rings is 2. The third kappa shape index (κ3) is 4.89. The van der Waals surface area contributed by atoms with E-state index in [4.69, 9.17) is 0 Å². The second-order valence-electron chi connectivity index (χ2n) is 10.9. The summed E-state index contributed by atoms with van der Waals surface area (Å²) in [5.41, 5.74) is -2.19. The van der Waals surface area contributed by atoms with Gasteiger partial charge in [-0.3, -0.25) is 19.0 Å². The van der Waals surface area contributed by atoms with Crippen LogP contribution in [-0.2, 0) is 9.59 Å². The summed E-state index contributed by atoms with van der Waals surface area (Å²) < 4.78 is 44.6. The van der Waals surface area contributed by atoms with Gasteiger partial charge in [0.2, 0.25) is 17.2 Å². The van der Waals surface area contributed by atoms with Gasteiger partial charge in [-0.25, -0.2) is 22.9 Å². The number of nitrogens with zero attached hydrogens (tertiary/aromatic N) is 4. The quantitative estimate of drug-likeness (QED) is 0.447. The average Bonchev–Trinajstić information content (AvgIpc) is 3.34. The maximum Gasteiger partial charge on any atom is 0.341 e. The number of benzene rings is 1. The van der Waals surface area contributed by atoms with Gasteiger partial charge in [0, 0.05) is 56.2 Å². The summed E-state index contributed by atoms with van der Waals surface area (Å²) in [4.78, 5) is 56.9. The minimum absolute atomic E-state index is 0.000255. The molecular formula is C28H28F3N5O5. The van der Waals surface area contributed by atoms with Crippen LogP contribution in [0.25, 0.3) is 16.7 Å². The highest BCUT2D eigenvalue weighted by Crippen LogP contribution is 2.47. The number of carboxylic acids is 1. The molecule has 0 radical (unpaired) electrons. The number of carbonyl (C=O) groups is 3. The van der Waals surface area contributed by atoms with Crippen LogP contribution in [0.15, 0.2) is 35.3 Å². The standard InChI is InChI=1S/C28H28F3N5O5/c1-12(2)27(39)34(4)13(3)26(38)32-22-16-9-35(10-17(16)22)25-20(31)8-15-23(37)18(28(40)41)11-36(24(15)33-25)21-6-5-14(29)7-19(21)30/h5-8,11-13,16-17,22H,9-10H2,1-4H3,(H,32,38)(H,40,41)/t13-,16-,17+,22?/m0/s1. The van der Waals surface area contributed by atoms with Crippen LogP contribution in [0, 0.1) is 35.2 Å². The molecule has 13 heteroatoms. The van der Waals surface area contributed by atoms with E-state index in [9.17, 15) is 33.1 Å². The number of aromatic nitrogens is 2. The first-order valence-electron chi connectivity index (χ1n) is 13.1. The fraction of sp³-hybridized carbons (Fsp3) is 0.393. The van der Waals surface area contributed by atoms with E-state index in [1.165, 1.54) is 4.90 Å². The first kappa shape index (κ1) is 28.1. The van der Waals surface area contributed by atoms with Crippen LogP contribution in [0.2, 0.25) is 0 Å². The molecule has 4 atom stereocenters. The van der Waals surface area contributed by atoms with Crippen molar-refractivity contribution < 1.29 is 32.7 Å². The van der Waals surface area contributed by atoms with E-state index >= 15 is 4.39 Å². The van der Waals surface area contributed by atoms with Crippen molar-refractivity contribution in [3.8, 4) is 5.69 Å². The van der Waals surface area contributed by atoms with E-state index in [0.29, 0.717) is 19.2 Å². The largest absolute Gasteiger partial charge is 0.477 e. The Morgan fingerprint density at radius 1 is 1.07 bits per heavy atom. The van der Waals surface area contributed by atoms with Gasteiger partial charge in [-0.1, -0.05) is 13.8 Å². The minimum atomic E-state index is -1.60. The Labute approximate surface area is 232 Å². The van der Waals surface area contributed by atoms with E-state index in [-0.39, 0.29) is 58.1 Å². The number of halogens is 3. The molecule has 10 nitrogen and oxygen atoms in total. The maximum absolute atomic E-state index is 15.3. The van der Waals surface area contributed by atoms with Crippen LogP contribution in [0.5, 0.6) is 0 Å². The lowest BCUT2D eigenvalue weighted by atomic mass is 10.1. The van der Waals surface area contributed by atoms with Gasteiger partial charge < -0.3 is 20.2 Å². The molecule has 1 unspecified atom stereocenters. The van der Waals surface area contributed by atoms with Gasteiger partial charge in [-0.05, 0) is 25.1 Å². The molecule has 1 aliphatic carbocycles. The normalized spacial score (nSPS) is 20.2. The van der Waals surface area contributed by atoms with Crippen LogP contribution in [0.3, 0.4) is 0 Å². The van der Waals surface area contributed by atoms with Crippen LogP contribution < -0.4 is 15.6 Å². The number of fused-ring (bicyclic) bond motifs is 2. The molecule has 216 valence electrons. The molecule has 1 aromatic carbocycles. The molecule has 1 saturated carbocycles. The number of anilines is 1. The second-order valence-corrected chi connectivity index (χ2v) is 10.9. The lowest BCUT2D eigenvalue weighted by Gasteiger charge is -2.27. The molecule has 3 aromatic rings. The highest BCUT2D eigenvalue weighted by atomic mass is 19.1. The first-order valence-corrected chi connectivity index (χ1v) is 13.1. The molecule has 1 saturated heterocycles. The molecular weight excluding hydrogens is 543 g/mol. The first-order chi connectivity index (χ1) is 19.3. The van der Waals surface area contributed by atoms with Crippen molar-refractivity contribution in [1.29, 1.82) is 0 Å². The van der Waals surface area contributed by atoms with E-state index in [0.717, 1.165) is 29.0 Å². The van der Waals surface area contributed by atoms with Gasteiger partial charge >= 0.3 is 5.97 Å². The zero-order valence-electron chi connectivity index (χ0n) is 22.7. The third-order valence-electron chi connectivity index (χ3n) is 7.92. The molecule has 2 aromatic heterocycles. The van der Waals surface area contributed by atoms with Crippen molar-refractivity contribution in [2.45, 2.75) is 32.9 Å². The molecule has 1 aliphatic heterocycles. The van der Waals surface area contributed by atoms with Gasteiger partial charge in [0.1, 0.15) is 23.2 Å². The van der Waals surface area contributed by atoms with Crippen molar-refractivity contribution >= 4 is 34.6 Å². The van der Waals surface area contributed by atoms with Crippen molar-refractivity contribution in [2.75, 3.05) is 25.0 Å². The van der Waals surface area contributed by atoms with Crippen molar-refractivity contribution in [3.05, 3.63) is 63.7 Å². The number of likely N-dealkylation sites (N-methyl/N-ethyl adjacent to an activating group) is 1. The Morgan fingerprint density at radius 2 is 1.73 bits per heavy atom. The molecule has 2 amide bonds. The lowest BCUT2D eigenvalue weighted by molar-refractivity contribution is -0.140. The van der Waals surface area contributed by atoms with Gasteiger partial charge in [0.25, 0.3) is 0 Å². The van der Waals surface area contributed by atoms with Crippen molar-refractivity contribution in [1.82, 2.24) is 19.8 Å². The molecule has 2 aliphatic rings. The molecule has 41 heavy (non-hydrogen) atoms. The number of amides is 2. The lowest BCUT2D eigenvalue weighted by Crippen LogP contribution is -2.48. The number of hydrogen-bond acceptors (Lipinski definition) is 6. The van der Waals surface area contributed by atoms with Gasteiger partial charge in [0.15, 0.2) is 17.3 Å². The Bertz CT molecular complexity index is 1650. The third-order valence-corrected chi connectivity index (χ3v) is 7.92. The van der Waals surface area contributed by atoms with Crippen molar-refractivity contribution in [3.63, 3.8) is 0 Å². The van der Waals surface area contributed by atoms with Gasteiger partial charge in [-0.15, -0.1) is 0 Å². The topological polar surface area (TPSA) is 125 Å². The predicted molar refractivity (Wildman–Crippen MR) is 142 cm³/mol. The summed E-state index contributed by atoms with van der Waals surface area (Å²) in [6.07, 6.45) is 0.882. The van der Waals surface area contributed by atoms with E-state index in [2.05, 4.69) is 10.3 Å². The van der Waals surface area contributed by atoms with E-state index in [1.54, 1.807) is 32.7 Å². The fourth-order valence-electron chi connectivity index (χ4n) is 5.42. The van der Waals surface area contributed by atoms with Crippen molar-refractivity contribution in [2.24, 2.45) is 17.8 Å². The number of hydrogen-bond donors (Lipinski definition) is 2. The fourth-order valence-corrected chi connectivity index (χ4v) is 5.42. The zero-order valence-corrected chi connectivity index (χ0v) is 22.7. The van der Waals surface area contributed by atoms with Crippen LogP contribution in [0.4, 0.5) is 19.0 Å². The van der Waals surface area contributed by atoms with Gasteiger partial charge in [-0.2, -0.15) is 0 Å². The Morgan fingerprint density at radius 3 is 2.32 bits per heavy atom. The number of piperidine rings is 1. The number of rotatable bonds is 7. The smallest absolute Gasteiger partial charge is 0.341 e. The molecule has 2 fully saturated rings. The minimum Gasteiger partial charge on any atom is -0.477 e. The SMILES string of the molecule is CC(C)C(=O)N(C)[C@@H](C)C(=O)NC1[C@H]2CN(c3nc4c(cc3F)c(=O)c(C(=O)O)cn4-c3ccc(F)cc3F)C[C@@H]12. The molecule has 2 N–H and O–H groups in total. The van der Waals surface area contributed by atoms with E-state index in [1.807, 2.05) is 0 Å². The Balaban J connectivity index is 1.41. The number of aromatic carboxylic acids is 1. The highest BCUT2D eigenvalue weighted by molar-refractivity contribution is 5.93. The summed E-state index contributed by atoms with van der Waals surface area (Å²) in [5.74, 6) is -5.17. The molecule has 0 bridgehead atoms. The second kappa shape index (κ2) is 10.2. The molecule has 3 heterocycles. The number of carbonyl (C=O) groups excluding carboxylic acids is 2. The summed E-state index contributed by atoms with van der Waals surface area (Å²) in [6.45, 7) is 5.83. The summed E-state index contributed by atoms with van der Waals surface area (Å²) in [6, 6.07) is 2.68. The predicted octanol–water partition coefficient (Wildman–Crippen LogP) is 2.55. The Kier molecular flexibility index (Phi) is 7.00. The maximum atomic E-state index is 15.3. The number of carboxylic acid groups (broad SMARTS) is 1. The summed E-state index contributed by atoms with van der Waals surface area (Å²) in [5, 5.41) is 12.1. The highest BCUT2D eigenvalue weighted by Gasteiger charge is 2.57. The number of nitrogens with one attached hydrogen (secondary N) is 1. The van der Waals surface area contributed by atoms with Crippen LogP contribution >= 0.6 is 0 Å². The molecule has 5 rings (SSSR count). The summed E-state index contributed by atoms with van der Waals surface area (Å²) >= 11 is 0. The average molecular weight is 572 g/mol. The Hall–Kier alpha value is -4.42.